The van der Waals surface area contributed by atoms with Gasteiger partial charge in [-0.1, -0.05) is 6.58 Å². The number of carbonyl (C=O) groups is 2. The van der Waals surface area contributed by atoms with E-state index in [2.05, 4.69) is 11.7 Å². The molecule has 1 aromatic carbocycles. The van der Waals surface area contributed by atoms with E-state index >= 15 is 0 Å². The largest absolute Gasteiger partial charge is 0.349 e. The summed E-state index contributed by atoms with van der Waals surface area (Å²) in [5, 5.41) is 5.16. The van der Waals surface area contributed by atoms with Crippen LogP contribution in [0.2, 0.25) is 0 Å². The zero-order valence-electron chi connectivity index (χ0n) is 13.6. The number of hydrogen-bond acceptors (Lipinski definition) is 3. The second-order valence-electron chi connectivity index (χ2n) is 5.79. The molecule has 1 unspecified atom stereocenters. The summed E-state index contributed by atoms with van der Waals surface area (Å²) in [5.74, 6) is -1.98. The van der Waals surface area contributed by atoms with Gasteiger partial charge in [0.05, 0.1) is 6.04 Å². The summed E-state index contributed by atoms with van der Waals surface area (Å²) in [6.07, 6.45) is 2.24. The second-order valence-corrected chi connectivity index (χ2v) is 5.79. The van der Waals surface area contributed by atoms with Crippen LogP contribution in [0, 0.1) is 11.6 Å². The van der Waals surface area contributed by atoms with Gasteiger partial charge in [-0.25, -0.2) is 13.8 Å². The molecular formula is C17H19F2N3O2. The molecule has 2 rings (SSSR count). The van der Waals surface area contributed by atoms with Crippen molar-refractivity contribution in [3.05, 3.63) is 47.5 Å². The summed E-state index contributed by atoms with van der Waals surface area (Å²) in [5.41, 5.74) is 0.557. The Hall–Kier alpha value is -2.57. The van der Waals surface area contributed by atoms with E-state index in [0.717, 1.165) is 11.1 Å². The molecule has 7 heteroatoms. The van der Waals surface area contributed by atoms with Gasteiger partial charge in [-0.15, -0.1) is 0 Å². The lowest BCUT2D eigenvalue weighted by atomic mass is 10.0. The van der Waals surface area contributed by atoms with Crippen molar-refractivity contribution in [1.82, 2.24) is 9.91 Å². The molecule has 0 N–H and O–H groups in total. The Morgan fingerprint density at radius 1 is 1.25 bits per heavy atom. The van der Waals surface area contributed by atoms with Gasteiger partial charge in [-0.05, 0) is 24.1 Å². The van der Waals surface area contributed by atoms with Gasteiger partial charge in [0.15, 0.2) is 0 Å². The van der Waals surface area contributed by atoms with Crippen LogP contribution in [-0.4, -0.2) is 42.0 Å². The maximum atomic E-state index is 13.4. The fourth-order valence-corrected chi connectivity index (χ4v) is 2.40. The molecule has 24 heavy (non-hydrogen) atoms. The average Bonchev–Trinajstić information content (AvgIpc) is 2.99. The highest BCUT2D eigenvalue weighted by Gasteiger charge is 2.30. The molecule has 2 amide bonds. The number of halogens is 2. The molecule has 0 fully saturated rings. The number of benzene rings is 1. The molecular weight excluding hydrogens is 316 g/mol. The van der Waals surface area contributed by atoms with Crippen LogP contribution in [0.4, 0.5) is 8.78 Å². The average molecular weight is 335 g/mol. The van der Waals surface area contributed by atoms with E-state index in [1.165, 1.54) is 23.2 Å². The zero-order chi connectivity index (χ0) is 17.9. The Kier molecular flexibility index (Phi) is 5.43. The van der Waals surface area contributed by atoms with Crippen LogP contribution >= 0.6 is 0 Å². The summed E-state index contributed by atoms with van der Waals surface area (Å²) in [6.45, 7) is 3.71. The Morgan fingerprint density at radius 3 is 2.46 bits per heavy atom. The van der Waals surface area contributed by atoms with E-state index in [1.54, 1.807) is 14.1 Å². The summed E-state index contributed by atoms with van der Waals surface area (Å²) in [4.78, 5) is 25.5. The molecule has 1 aliphatic heterocycles. The predicted octanol–water partition coefficient (Wildman–Crippen LogP) is 2.65. The first-order valence-electron chi connectivity index (χ1n) is 7.49. The zero-order valence-corrected chi connectivity index (χ0v) is 13.6. The van der Waals surface area contributed by atoms with Gasteiger partial charge in [0.25, 0.3) is 5.91 Å². The van der Waals surface area contributed by atoms with Crippen LogP contribution in [0.5, 0.6) is 0 Å². The minimum atomic E-state index is -0.709. The van der Waals surface area contributed by atoms with Crippen LogP contribution in [0.15, 0.2) is 35.5 Å². The van der Waals surface area contributed by atoms with E-state index in [9.17, 15) is 18.4 Å². The van der Waals surface area contributed by atoms with Crippen LogP contribution in [0.3, 0.4) is 0 Å². The molecule has 5 nitrogen and oxygen atoms in total. The van der Waals surface area contributed by atoms with Gasteiger partial charge in [0.2, 0.25) is 5.91 Å². The summed E-state index contributed by atoms with van der Waals surface area (Å²) in [6, 6.07) is 2.56. The molecule has 1 aromatic rings. The van der Waals surface area contributed by atoms with Crippen molar-refractivity contribution < 1.29 is 18.4 Å². The molecule has 1 heterocycles. The minimum Gasteiger partial charge on any atom is -0.349 e. The monoisotopic (exact) mass is 335 g/mol. The Balaban J connectivity index is 2.09. The fraction of sp³-hybridized carbons (Fsp3) is 0.353. The van der Waals surface area contributed by atoms with Gasteiger partial charge in [0.1, 0.15) is 11.6 Å². The van der Waals surface area contributed by atoms with Gasteiger partial charge < -0.3 is 4.90 Å². The summed E-state index contributed by atoms with van der Waals surface area (Å²) in [7, 11) is 3.26. The van der Waals surface area contributed by atoms with E-state index < -0.39 is 23.6 Å². The van der Waals surface area contributed by atoms with Gasteiger partial charge in [-0.3, -0.25) is 9.59 Å². The first-order chi connectivity index (χ1) is 11.3. The highest BCUT2D eigenvalue weighted by Crippen LogP contribution is 2.30. The van der Waals surface area contributed by atoms with Crippen molar-refractivity contribution in [3.8, 4) is 0 Å². The lowest BCUT2D eigenvalue weighted by Crippen LogP contribution is -2.29. The van der Waals surface area contributed by atoms with Gasteiger partial charge >= 0.3 is 0 Å². The molecule has 0 saturated heterocycles. The third-order valence-corrected chi connectivity index (χ3v) is 3.75. The number of nitrogens with zero attached hydrogens (tertiary/aromatic N) is 3. The van der Waals surface area contributed by atoms with Gasteiger partial charge in [0, 0.05) is 44.8 Å². The topological polar surface area (TPSA) is 53.0 Å². The number of amides is 2. The van der Waals surface area contributed by atoms with Crippen LogP contribution in [0.25, 0.3) is 0 Å². The summed E-state index contributed by atoms with van der Waals surface area (Å²) >= 11 is 0. The quantitative estimate of drug-likeness (QED) is 0.777. The van der Waals surface area contributed by atoms with Crippen LogP contribution in [0.1, 0.15) is 30.9 Å². The van der Waals surface area contributed by atoms with Crippen molar-refractivity contribution in [2.45, 2.75) is 25.3 Å². The third-order valence-electron chi connectivity index (χ3n) is 3.75. The molecule has 0 saturated carbocycles. The Morgan fingerprint density at radius 2 is 1.88 bits per heavy atom. The fourth-order valence-electron chi connectivity index (χ4n) is 2.40. The highest BCUT2D eigenvalue weighted by atomic mass is 19.1. The van der Waals surface area contributed by atoms with Crippen molar-refractivity contribution >= 4 is 18.0 Å². The molecule has 1 aliphatic rings. The SMILES string of the molecule is C=C(CCC(=O)N(C)C)C(=O)N1N=CCC1c1cc(F)cc(F)c1. The van der Waals surface area contributed by atoms with E-state index in [-0.39, 0.29) is 24.3 Å². The normalized spacial score (nSPS) is 16.3. The Bertz CT molecular complexity index is 681. The van der Waals surface area contributed by atoms with E-state index in [1.807, 2.05) is 0 Å². The molecule has 0 aromatic heterocycles. The van der Waals surface area contributed by atoms with Crippen molar-refractivity contribution in [3.63, 3.8) is 0 Å². The predicted molar refractivity (Wildman–Crippen MR) is 86.1 cm³/mol. The first kappa shape index (κ1) is 17.8. The number of hydrogen-bond donors (Lipinski definition) is 0. The highest BCUT2D eigenvalue weighted by molar-refractivity contribution is 5.94. The number of rotatable bonds is 5. The maximum Gasteiger partial charge on any atom is 0.269 e. The molecule has 0 spiro atoms. The van der Waals surface area contributed by atoms with Crippen LogP contribution < -0.4 is 0 Å². The Labute approximate surface area is 139 Å². The van der Waals surface area contributed by atoms with Crippen molar-refractivity contribution in [2.24, 2.45) is 5.10 Å². The molecule has 0 radical (unpaired) electrons. The molecule has 0 bridgehead atoms. The first-order valence-corrected chi connectivity index (χ1v) is 7.49. The summed E-state index contributed by atoms with van der Waals surface area (Å²) < 4.78 is 26.8. The minimum absolute atomic E-state index is 0.113. The second kappa shape index (κ2) is 7.33. The van der Waals surface area contributed by atoms with E-state index in [0.29, 0.717) is 12.0 Å². The van der Waals surface area contributed by atoms with Crippen molar-refractivity contribution in [1.29, 1.82) is 0 Å². The van der Waals surface area contributed by atoms with E-state index in [4.69, 9.17) is 0 Å². The standard InChI is InChI=1S/C17H19F2N3O2/c1-11(4-5-16(23)21(2)3)17(24)22-15(6-7-20-22)12-8-13(18)10-14(19)9-12/h7-10,15H,1,4-6H2,2-3H3. The molecule has 1 atom stereocenters. The third kappa shape index (κ3) is 4.04. The number of hydrazone groups is 1. The lowest BCUT2D eigenvalue weighted by Gasteiger charge is -2.23. The van der Waals surface area contributed by atoms with Crippen LogP contribution in [-0.2, 0) is 9.59 Å². The number of carbonyl (C=O) groups excluding carboxylic acids is 2. The maximum absolute atomic E-state index is 13.4. The van der Waals surface area contributed by atoms with Crippen molar-refractivity contribution in [2.75, 3.05) is 14.1 Å². The molecule has 0 aliphatic carbocycles. The van der Waals surface area contributed by atoms with Gasteiger partial charge in [-0.2, -0.15) is 5.10 Å². The molecule has 128 valence electrons. The smallest absolute Gasteiger partial charge is 0.269 e. The lowest BCUT2D eigenvalue weighted by molar-refractivity contribution is -0.129.